The summed E-state index contributed by atoms with van der Waals surface area (Å²) in [5.41, 5.74) is 0. The minimum atomic E-state index is -4.43. The lowest BCUT2D eigenvalue weighted by molar-refractivity contribution is -0.146. The fraction of sp³-hybridized carbons (Fsp3) is 0.222. The highest BCUT2D eigenvalue weighted by molar-refractivity contribution is 7.89. The number of sulfonamides is 1. The summed E-state index contributed by atoms with van der Waals surface area (Å²) < 4.78 is 50.7. The number of hydrogen-bond donors (Lipinski definition) is 3. The van der Waals surface area contributed by atoms with Crippen LogP contribution in [-0.4, -0.2) is 37.2 Å². The number of halogens is 2. The van der Waals surface area contributed by atoms with Crippen molar-refractivity contribution in [3.05, 3.63) is 29.8 Å². The van der Waals surface area contributed by atoms with E-state index in [0.29, 0.717) is 12.1 Å². The highest BCUT2D eigenvalue weighted by Gasteiger charge is 2.22. The Morgan fingerprint density at radius 2 is 2.00 bits per heavy atom. The quantitative estimate of drug-likeness (QED) is 0.686. The molecule has 1 aromatic rings. The van der Waals surface area contributed by atoms with Gasteiger partial charge in [-0.25, -0.2) is 26.7 Å². The van der Waals surface area contributed by atoms with Crippen LogP contribution in [0.4, 0.5) is 8.78 Å². The fourth-order valence-electron chi connectivity index (χ4n) is 1.04. The summed E-state index contributed by atoms with van der Waals surface area (Å²) >= 11 is 0. The van der Waals surface area contributed by atoms with E-state index in [1.54, 1.807) is 4.72 Å². The van der Waals surface area contributed by atoms with E-state index in [9.17, 15) is 22.0 Å². The number of carboxylic acid groups (broad SMARTS) is 1. The predicted molar refractivity (Wildman–Crippen MR) is 55.2 cm³/mol. The lowest BCUT2D eigenvalue weighted by Crippen LogP contribution is -2.36. The number of carbonyl (C=O) groups is 1. The minimum absolute atomic E-state index is 0.449. The lowest BCUT2D eigenvalue weighted by Gasteiger charge is -2.09. The Hall–Kier alpha value is -1.58. The van der Waals surface area contributed by atoms with Crippen LogP contribution in [0.1, 0.15) is 0 Å². The van der Waals surface area contributed by atoms with Gasteiger partial charge < -0.3 is 10.2 Å². The summed E-state index contributed by atoms with van der Waals surface area (Å²) in [5, 5.41) is 17.2. The SMILES string of the molecule is O=C(O)C(O)CNS(=O)(=O)c1cc(F)ccc1F. The first-order valence-corrected chi connectivity index (χ1v) is 6.08. The Morgan fingerprint density at radius 3 is 2.56 bits per heavy atom. The van der Waals surface area contributed by atoms with Crippen molar-refractivity contribution >= 4 is 16.0 Å². The molecular formula is C9H9F2NO5S. The number of hydrogen-bond acceptors (Lipinski definition) is 4. The highest BCUT2D eigenvalue weighted by atomic mass is 32.2. The fourth-order valence-corrected chi connectivity index (χ4v) is 2.16. The van der Waals surface area contributed by atoms with Crippen LogP contribution in [0.3, 0.4) is 0 Å². The summed E-state index contributed by atoms with van der Waals surface area (Å²) in [6.07, 6.45) is -1.98. The highest BCUT2D eigenvalue weighted by Crippen LogP contribution is 2.15. The second kappa shape index (κ2) is 5.38. The van der Waals surface area contributed by atoms with Gasteiger partial charge in [0, 0.05) is 6.54 Å². The molecule has 3 N–H and O–H groups in total. The maximum absolute atomic E-state index is 13.2. The van der Waals surface area contributed by atoms with E-state index in [1.165, 1.54) is 0 Å². The van der Waals surface area contributed by atoms with Gasteiger partial charge in [-0.2, -0.15) is 0 Å². The van der Waals surface area contributed by atoms with E-state index in [2.05, 4.69) is 0 Å². The molecule has 0 aliphatic rings. The third kappa shape index (κ3) is 3.45. The van der Waals surface area contributed by atoms with Crippen LogP contribution < -0.4 is 4.72 Å². The lowest BCUT2D eigenvalue weighted by atomic mass is 10.3. The van der Waals surface area contributed by atoms with Gasteiger partial charge in [0.15, 0.2) is 6.10 Å². The van der Waals surface area contributed by atoms with Crippen LogP contribution in [-0.2, 0) is 14.8 Å². The van der Waals surface area contributed by atoms with Crippen molar-refractivity contribution in [2.75, 3.05) is 6.54 Å². The average molecular weight is 281 g/mol. The minimum Gasteiger partial charge on any atom is -0.479 e. The molecule has 0 aliphatic heterocycles. The van der Waals surface area contributed by atoms with Crippen molar-refractivity contribution in [3.63, 3.8) is 0 Å². The Bertz CT molecular complexity index is 560. The third-order valence-corrected chi connectivity index (χ3v) is 3.37. The molecular weight excluding hydrogens is 272 g/mol. The number of carboxylic acids is 1. The standard InChI is InChI=1S/C9H9F2NO5S/c10-5-1-2-6(11)8(3-5)18(16,17)12-4-7(13)9(14)15/h1-3,7,12-13H,4H2,(H,14,15). The van der Waals surface area contributed by atoms with Gasteiger partial charge in [0.05, 0.1) is 0 Å². The first-order valence-electron chi connectivity index (χ1n) is 4.59. The molecule has 100 valence electrons. The molecule has 1 atom stereocenters. The zero-order chi connectivity index (χ0) is 13.9. The van der Waals surface area contributed by atoms with E-state index in [4.69, 9.17) is 10.2 Å². The zero-order valence-electron chi connectivity index (χ0n) is 8.80. The van der Waals surface area contributed by atoms with Gasteiger partial charge in [0.2, 0.25) is 10.0 Å². The van der Waals surface area contributed by atoms with Crippen molar-refractivity contribution in [1.29, 1.82) is 0 Å². The van der Waals surface area contributed by atoms with Crippen molar-refractivity contribution in [2.45, 2.75) is 11.0 Å². The summed E-state index contributed by atoms with van der Waals surface area (Å²) in [6.45, 7) is -0.854. The third-order valence-electron chi connectivity index (χ3n) is 1.93. The molecule has 0 saturated carbocycles. The van der Waals surface area contributed by atoms with Gasteiger partial charge in [0.25, 0.3) is 0 Å². The molecule has 0 aliphatic carbocycles. The first-order chi connectivity index (χ1) is 8.24. The van der Waals surface area contributed by atoms with Gasteiger partial charge in [-0.15, -0.1) is 0 Å². The van der Waals surface area contributed by atoms with Crippen LogP contribution in [0.25, 0.3) is 0 Å². The smallest absolute Gasteiger partial charge is 0.333 e. The molecule has 1 aromatic carbocycles. The number of nitrogens with one attached hydrogen (secondary N) is 1. The van der Waals surface area contributed by atoms with Gasteiger partial charge in [-0.05, 0) is 18.2 Å². The monoisotopic (exact) mass is 281 g/mol. The van der Waals surface area contributed by atoms with Gasteiger partial charge >= 0.3 is 5.97 Å². The maximum Gasteiger partial charge on any atom is 0.333 e. The Kier molecular flexibility index (Phi) is 4.33. The molecule has 1 rings (SSSR count). The molecule has 0 radical (unpaired) electrons. The largest absolute Gasteiger partial charge is 0.479 e. The summed E-state index contributed by atoms with van der Waals surface area (Å²) in [4.78, 5) is 9.30. The Morgan fingerprint density at radius 1 is 1.39 bits per heavy atom. The maximum atomic E-state index is 13.2. The molecule has 0 saturated heterocycles. The van der Waals surface area contributed by atoms with Gasteiger partial charge in [0.1, 0.15) is 16.5 Å². The van der Waals surface area contributed by atoms with Crippen molar-refractivity contribution in [3.8, 4) is 0 Å². The molecule has 1 unspecified atom stereocenters. The van der Waals surface area contributed by atoms with Crippen molar-refractivity contribution < 1.29 is 32.2 Å². The van der Waals surface area contributed by atoms with Gasteiger partial charge in [-0.1, -0.05) is 0 Å². The second-order valence-electron chi connectivity index (χ2n) is 3.28. The van der Waals surface area contributed by atoms with Crippen LogP contribution in [0.2, 0.25) is 0 Å². The molecule has 0 bridgehead atoms. The first kappa shape index (κ1) is 14.5. The average Bonchev–Trinajstić information content (AvgIpc) is 2.29. The van der Waals surface area contributed by atoms with E-state index in [1.807, 2.05) is 0 Å². The molecule has 9 heteroatoms. The van der Waals surface area contributed by atoms with Crippen LogP contribution in [0, 0.1) is 11.6 Å². The Balaban J connectivity index is 2.93. The number of rotatable bonds is 5. The summed E-state index contributed by atoms with van der Waals surface area (Å²) in [7, 11) is -4.43. The second-order valence-corrected chi connectivity index (χ2v) is 5.02. The molecule has 0 spiro atoms. The normalized spacial score (nSPS) is 13.3. The van der Waals surface area contributed by atoms with E-state index < -0.39 is 45.2 Å². The number of aliphatic hydroxyl groups is 1. The topological polar surface area (TPSA) is 104 Å². The van der Waals surface area contributed by atoms with Gasteiger partial charge in [-0.3, -0.25) is 0 Å². The summed E-state index contributed by atoms with van der Waals surface area (Å²) in [5.74, 6) is -3.79. The predicted octanol–water partition coefficient (Wildman–Crippen LogP) is -0.311. The molecule has 0 aromatic heterocycles. The molecule has 0 fully saturated rings. The zero-order valence-corrected chi connectivity index (χ0v) is 9.62. The van der Waals surface area contributed by atoms with E-state index in [-0.39, 0.29) is 0 Å². The number of benzene rings is 1. The Labute approximate surface area is 101 Å². The van der Waals surface area contributed by atoms with Crippen molar-refractivity contribution in [1.82, 2.24) is 4.72 Å². The van der Waals surface area contributed by atoms with Crippen LogP contribution in [0.15, 0.2) is 23.1 Å². The number of aliphatic carboxylic acids is 1. The van der Waals surface area contributed by atoms with Crippen molar-refractivity contribution in [2.24, 2.45) is 0 Å². The molecule has 6 nitrogen and oxygen atoms in total. The number of aliphatic hydroxyl groups excluding tert-OH is 1. The molecule has 0 amide bonds. The van der Waals surface area contributed by atoms with Crippen LogP contribution >= 0.6 is 0 Å². The van der Waals surface area contributed by atoms with E-state index >= 15 is 0 Å². The summed E-state index contributed by atoms with van der Waals surface area (Å²) in [6, 6.07) is 1.81. The molecule has 18 heavy (non-hydrogen) atoms. The molecule has 0 heterocycles. The van der Waals surface area contributed by atoms with E-state index in [0.717, 1.165) is 6.07 Å². The van der Waals surface area contributed by atoms with Crippen LogP contribution in [0.5, 0.6) is 0 Å².